The van der Waals surface area contributed by atoms with Crippen molar-refractivity contribution < 1.29 is 4.74 Å². The molecule has 84 valence electrons. The average Bonchev–Trinajstić information content (AvgIpc) is 2.16. The highest BCUT2D eigenvalue weighted by atomic mass is 35.5. The van der Waals surface area contributed by atoms with E-state index in [1.54, 1.807) is 19.5 Å². The molecule has 0 amide bonds. The van der Waals surface area contributed by atoms with E-state index in [1.165, 1.54) is 0 Å². The minimum Gasteiger partial charge on any atom is -0.480 e. The topological polar surface area (TPSA) is 35.0 Å². The van der Waals surface area contributed by atoms with Gasteiger partial charge in [0.25, 0.3) is 0 Å². The number of nitrogens with zero attached hydrogens (tertiary/aromatic N) is 2. The molecule has 1 aromatic rings. The Kier molecular flexibility index (Phi) is 4.82. The van der Waals surface area contributed by atoms with Crippen molar-refractivity contribution in [2.24, 2.45) is 5.92 Å². The van der Waals surface area contributed by atoms with Crippen LogP contribution in [0.3, 0.4) is 0 Å². The van der Waals surface area contributed by atoms with Crippen LogP contribution in [0.5, 0.6) is 5.88 Å². The Morgan fingerprint density at radius 1 is 1.40 bits per heavy atom. The molecule has 4 heteroatoms. The molecular formula is C11H17ClN2O. The summed E-state index contributed by atoms with van der Waals surface area (Å²) in [6.07, 6.45) is 5.05. The molecule has 1 heterocycles. The van der Waals surface area contributed by atoms with Gasteiger partial charge in [-0.1, -0.05) is 13.8 Å². The predicted molar refractivity (Wildman–Crippen MR) is 61.4 cm³/mol. The Labute approximate surface area is 95.8 Å². The summed E-state index contributed by atoms with van der Waals surface area (Å²) < 4.78 is 5.00. The third kappa shape index (κ3) is 4.47. The fraction of sp³-hybridized carbons (Fsp3) is 0.636. The monoisotopic (exact) mass is 228 g/mol. The molecular weight excluding hydrogens is 212 g/mol. The summed E-state index contributed by atoms with van der Waals surface area (Å²) in [6, 6.07) is 0. The van der Waals surface area contributed by atoms with Gasteiger partial charge in [-0.05, 0) is 12.3 Å². The summed E-state index contributed by atoms with van der Waals surface area (Å²) in [5.41, 5.74) is 0.884. The van der Waals surface area contributed by atoms with Crippen LogP contribution in [0.15, 0.2) is 12.4 Å². The minimum atomic E-state index is 0.117. The normalized spacial score (nSPS) is 12.9. The third-order valence-corrected chi connectivity index (χ3v) is 2.36. The van der Waals surface area contributed by atoms with Gasteiger partial charge in [-0.25, -0.2) is 4.98 Å². The largest absolute Gasteiger partial charge is 0.480 e. The van der Waals surface area contributed by atoms with Crippen LogP contribution < -0.4 is 4.74 Å². The first-order valence-corrected chi connectivity index (χ1v) is 5.54. The van der Waals surface area contributed by atoms with E-state index < -0.39 is 0 Å². The fourth-order valence-electron chi connectivity index (χ4n) is 1.40. The van der Waals surface area contributed by atoms with Crippen molar-refractivity contribution in [3.05, 3.63) is 18.1 Å². The van der Waals surface area contributed by atoms with E-state index in [2.05, 4.69) is 23.8 Å². The molecule has 0 radical (unpaired) electrons. The first-order chi connectivity index (χ1) is 7.11. The van der Waals surface area contributed by atoms with Gasteiger partial charge in [0, 0.05) is 18.0 Å². The molecule has 1 rings (SSSR count). The standard InChI is InChI=1S/C11H17ClN2O/c1-8(2)4-9(12)5-10-6-13-7-11(14-10)15-3/h6-9H,4-5H2,1-3H3. The van der Waals surface area contributed by atoms with Crippen LogP contribution in [0.4, 0.5) is 0 Å². The lowest BCUT2D eigenvalue weighted by Crippen LogP contribution is -2.09. The Morgan fingerprint density at radius 2 is 2.13 bits per heavy atom. The summed E-state index contributed by atoms with van der Waals surface area (Å²) in [4.78, 5) is 8.31. The lowest BCUT2D eigenvalue weighted by molar-refractivity contribution is 0.393. The first kappa shape index (κ1) is 12.2. The Morgan fingerprint density at radius 3 is 2.73 bits per heavy atom. The number of alkyl halides is 1. The van der Waals surface area contributed by atoms with Crippen molar-refractivity contribution in [3.8, 4) is 5.88 Å². The van der Waals surface area contributed by atoms with Crippen molar-refractivity contribution in [3.63, 3.8) is 0 Å². The molecule has 0 fully saturated rings. The third-order valence-electron chi connectivity index (χ3n) is 2.03. The van der Waals surface area contributed by atoms with Gasteiger partial charge in [-0.2, -0.15) is 0 Å². The van der Waals surface area contributed by atoms with Gasteiger partial charge in [0.05, 0.1) is 19.0 Å². The van der Waals surface area contributed by atoms with E-state index in [0.717, 1.165) is 18.5 Å². The lowest BCUT2D eigenvalue weighted by atomic mass is 10.1. The van der Waals surface area contributed by atoms with Crippen LogP contribution in [-0.4, -0.2) is 22.5 Å². The van der Waals surface area contributed by atoms with Gasteiger partial charge in [0.15, 0.2) is 0 Å². The van der Waals surface area contributed by atoms with Gasteiger partial charge in [-0.15, -0.1) is 11.6 Å². The molecule has 1 aromatic heterocycles. The zero-order valence-electron chi connectivity index (χ0n) is 9.40. The quantitative estimate of drug-likeness (QED) is 0.727. The van der Waals surface area contributed by atoms with Gasteiger partial charge in [0.2, 0.25) is 5.88 Å². The smallest absolute Gasteiger partial charge is 0.232 e. The number of ether oxygens (including phenoxy) is 1. The maximum absolute atomic E-state index is 6.20. The molecule has 0 aliphatic rings. The molecule has 0 spiro atoms. The summed E-state index contributed by atoms with van der Waals surface area (Å²) >= 11 is 6.20. The Hall–Kier alpha value is -0.830. The van der Waals surface area contributed by atoms with Crippen LogP contribution in [0.25, 0.3) is 0 Å². The van der Waals surface area contributed by atoms with E-state index in [4.69, 9.17) is 16.3 Å². The first-order valence-electron chi connectivity index (χ1n) is 5.10. The second kappa shape index (κ2) is 5.91. The molecule has 0 aliphatic heterocycles. The molecule has 15 heavy (non-hydrogen) atoms. The van der Waals surface area contributed by atoms with Gasteiger partial charge in [0.1, 0.15) is 0 Å². The fourth-order valence-corrected chi connectivity index (χ4v) is 1.92. The minimum absolute atomic E-state index is 0.117. The number of methoxy groups -OCH3 is 1. The lowest BCUT2D eigenvalue weighted by Gasteiger charge is -2.11. The van der Waals surface area contributed by atoms with Crippen molar-refractivity contribution >= 4 is 11.6 Å². The second-order valence-corrected chi connectivity index (χ2v) is 4.60. The number of aromatic nitrogens is 2. The summed E-state index contributed by atoms with van der Waals surface area (Å²) in [6.45, 7) is 4.32. The van der Waals surface area contributed by atoms with E-state index in [-0.39, 0.29) is 5.38 Å². The van der Waals surface area contributed by atoms with Gasteiger partial charge >= 0.3 is 0 Å². The molecule has 3 nitrogen and oxygen atoms in total. The second-order valence-electron chi connectivity index (χ2n) is 3.98. The molecule has 0 bridgehead atoms. The SMILES string of the molecule is COc1cncc(CC(Cl)CC(C)C)n1. The highest BCUT2D eigenvalue weighted by Crippen LogP contribution is 2.15. The van der Waals surface area contributed by atoms with Gasteiger partial charge in [-0.3, -0.25) is 4.98 Å². The van der Waals surface area contributed by atoms with Crippen molar-refractivity contribution in [2.45, 2.75) is 32.1 Å². The number of rotatable bonds is 5. The predicted octanol–water partition coefficient (Wildman–Crippen LogP) is 2.68. The Balaban J connectivity index is 2.55. The van der Waals surface area contributed by atoms with Crippen LogP contribution in [0, 0.1) is 5.92 Å². The van der Waals surface area contributed by atoms with Crippen LogP contribution in [0.1, 0.15) is 26.0 Å². The average molecular weight is 229 g/mol. The zero-order valence-corrected chi connectivity index (χ0v) is 10.2. The highest BCUT2D eigenvalue weighted by molar-refractivity contribution is 6.20. The van der Waals surface area contributed by atoms with Gasteiger partial charge < -0.3 is 4.74 Å². The molecule has 1 unspecified atom stereocenters. The molecule has 0 N–H and O–H groups in total. The summed E-state index contributed by atoms with van der Waals surface area (Å²) in [5.74, 6) is 1.15. The van der Waals surface area contributed by atoms with E-state index in [9.17, 15) is 0 Å². The van der Waals surface area contributed by atoms with E-state index >= 15 is 0 Å². The van der Waals surface area contributed by atoms with Crippen LogP contribution >= 0.6 is 11.6 Å². The highest BCUT2D eigenvalue weighted by Gasteiger charge is 2.10. The maximum atomic E-state index is 6.20. The Bertz CT molecular complexity index is 304. The number of hydrogen-bond donors (Lipinski definition) is 0. The van der Waals surface area contributed by atoms with E-state index in [1.807, 2.05) is 0 Å². The van der Waals surface area contributed by atoms with Crippen LogP contribution in [-0.2, 0) is 6.42 Å². The molecule has 0 saturated carbocycles. The molecule has 0 aromatic carbocycles. The summed E-state index contributed by atoms with van der Waals surface area (Å²) in [7, 11) is 1.58. The molecule has 0 aliphatic carbocycles. The van der Waals surface area contributed by atoms with Crippen molar-refractivity contribution in [1.29, 1.82) is 0 Å². The van der Waals surface area contributed by atoms with Crippen molar-refractivity contribution in [1.82, 2.24) is 9.97 Å². The summed E-state index contributed by atoms with van der Waals surface area (Å²) in [5, 5.41) is 0.117. The van der Waals surface area contributed by atoms with E-state index in [0.29, 0.717) is 11.8 Å². The molecule has 0 saturated heterocycles. The zero-order chi connectivity index (χ0) is 11.3. The maximum Gasteiger partial charge on any atom is 0.232 e. The van der Waals surface area contributed by atoms with Crippen LogP contribution in [0.2, 0.25) is 0 Å². The van der Waals surface area contributed by atoms with Crippen molar-refractivity contribution in [2.75, 3.05) is 7.11 Å². The number of hydrogen-bond acceptors (Lipinski definition) is 3. The molecule has 1 atom stereocenters. The number of halogens is 1.